The lowest BCUT2D eigenvalue weighted by Crippen LogP contribution is -2.33. The van der Waals surface area contributed by atoms with Gasteiger partial charge in [-0.05, 0) is 25.0 Å². The molecule has 1 saturated heterocycles. The van der Waals surface area contributed by atoms with Gasteiger partial charge in [0, 0.05) is 18.7 Å². The van der Waals surface area contributed by atoms with Crippen molar-refractivity contribution in [2.45, 2.75) is 20.0 Å². The number of aromatic nitrogens is 2. The summed E-state index contributed by atoms with van der Waals surface area (Å²) in [5, 5.41) is 7.31. The van der Waals surface area contributed by atoms with Crippen molar-refractivity contribution in [1.29, 1.82) is 0 Å². The van der Waals surface area contributed by atoms with Crippen molar-refractivity contribution in [3.63, 3.8) is 0 Å². The van der Waals surface area contributed by atoms with E-state index < -0.39 is 0 Å². The third-order valence-electron chi connectivity index (χ3n) is 3.35. The third-order valence-corrected chi connectivity index (χ3v) is 3.35. The maximum absolute atomic E-state index is 5.63. The molecule has 1 atom stereocenters. The molecule has 1 unspecified atom stereocenters. The SMILES string of the molecule is Cc1cccc(C)c1-c1nc(C2CNCCO2)no1. The summed E-state index contributed by atoms with van der Waals surface area (Å²) < 4.78 is 11.0. The highest BCUT2D eigenvalue weighted by Gasteiger charge is 2.22. The number of benzene rings is 1. The van der Waals surface area contributed by atoms with Crippen molar-refractivity contribution in [3.8, 4) is 11.5 Å². The van der Waals surface area contributed by atoms with Gasteiger partial charge in [0.25, 0.3) is 5.89 Å². The summed E-state index contributed by atoms with van der Waals surface area (Å²) >= 11 is 0. The van der Waals surface area contributed by atoms with Gasteiger partial charge in [0.15, 0.2) is 0 Å². The number of nitrogens with zero attached hydrogens (tertiary/aromatic N) is 2. The summed E-state index contributed by atoms with van der Waals surface area (Å²) in [6.45, 7) is 6.37. The van der Waals surface area contributed by atoms with Gasteiger partial charge in [-0.25, -0.2) is 0 Å². The molecule has 0 bridgehead atoms. The van der Waals surface area contributed by atoms with Crippen LogP contribution in [0, 0.1) is 13.8 Å². The molecule has 2 aromatic rings. The second kappa shape index (κ2) is 5.11. The third kappa shape index (κ3) is 2.39. The second-order valence-electron chi connectivity index (χ2n) is 4.79. The highest BCUT2D eigenvalue weighted by atomic mass is 16.5. The Balaban J connectivity index is 1.92. The van der Waals surface area contributed by atoms with Crippen molar-refractivity contribution in [1.82, 2.24) is 15.5 Å². The van der Waals surface area contributed by atoms with Crippen molar-refractivity contribution in [2.75, 3.05) is 19.7 Å². The van der Waals surface area contributed by atoms with Crippen LogP contribution in [0.15, 0.2) is 22.7 Å². The lowest BCUT2D eigenvalue weighted by molar-refractivity contribution is 0.0208. The molecule has 5 heteroatoms. The van der Waals surface area contributed by atoms with Gasteiger partial charge in [-0.1, -0.05) is 23.4 Å². The van der Waals surface area contributed by atoms with E-state index in [9.17, 15) is 0 Å². The Hall–Kier alpha value is -1.72. The number of hydrogen-bond donors (Lipinski definition) is 1. The Bertz CT molecular complexity index is 554. The Morgan fingerprint density at radius 3 is 2.74 bits per heavy atom. The smallest absolute Gasteiger partial charge is 0.258 e. The summed E-state index contributed by atoms with van der Waals surface area (Å²) in [5.41, 5.74) is 3.29. The highest BCUT2D eigenvalue weighted by molar-refractivity contribution is 5.62. The molecule has 1 aromatic carbocycles. The molecule has 1 aromatic heterocycles. The van der Waals surface area contributed by atoms with E-state index >= 15 is 0 Å². The fourth-order valence-electron chi connectivity index (χ4n) is 2.35. The molecule has 0 amide bonds. The fourth-order valence-corrected chi connectivity index (χ4v) is 2.35. The lowest BCUT2D eigenvalue weighted by Gasteiger charge is -2.20. The van der Waals surface area contributed by atoms with Gasteiger partial charge >= 0.3 is 0 Å². The minimum absolute atomic E-state index is 0.115. The molecule has 100 valence electrons. The minimum atomic E-state index is -0.115. The largest absolute Gasteiger partial charge is 0.367 e. The van der Waals surface area contributed by atoms with E-state index in [1.54, 1.807) is 0 Å². The van der Waals surface area contributed by atoms with Gasteiger partial charge in [-0.2, -0.15) is 4.98 Å². The van der Waals surface area contributed by atoms with E-state index in [0.717, 1.165) is 29.8 Å². The van der Waals surface area contributed by atoms with E-state index in [2.05, 4.69) is 15.5 Å². The van der Waals surface area contributed by atoms with Gasteiger partial charge in [-0.3, -0.25) is 0 Å². The van der Waals surface area contributed by atoms with Crippen LogP contribution < -0.4 is 5.32 Å². The highest BCUT2D eigenvalue weighted by Crippen LogP contribution is 2.27. The number of morpholine rings is 1. The minimum Gasteiger partial charge on any atom is -0.367 e. The van der Waals surface area contributed by atoms with Crippen LogP contribution in [0.5, 0.6) is 0 Å². The first kappa shape index (κ1) is 12.3. The van der Waals surface area contributed by atoms with Gasteiger partial charge in [0.05, 0.1) is 6.61 Å². The molecule has 1 N–H and O–H groups in total. The number of rotatable bonds is 2. The molecule has 1 aliphatic heterocycles. The quantitative estimate of drug-likeness (QED) is 0.894. The first-order valence-corrected chi connectivity index (χ1v) is 6.48. The Kier molecular flexibility index (Phi) is 3.31. The predicted octanol–water partition coefficient (Wildman–Crippen LogP) is 2.01. The van der Waals surface area contributed by atoms with Gasteiger partial charge in [-0.15, -0.1) is 0 Å². The zero-order valence-electron chi connectivity index (χ0n) is 11.1. The monoisotopic (exact) mass is 259 g/mol. The lowest BCUT2D eigenvalue weighted by atomic mass is 10.0. The number of ether oxygens (including phenoxy) is 1. The van der Waals surface area contributed by atoms with Crippen LogP contribution in [0.2, 0.25) is 0 Å². The normalized spacial score (nSPS) is 19.6. The molecule has 1 aliphatic rings. The molecule has 0 radical (unpaired) electrons. The molecule has 0 aliphatic carbocycles. The zero-order chi connectivity index (χ0) is 13.2. The van der Waals surface area contributed by atoms with Gasteiger partial charge < -0.3 is 14.6 Å². The van der Waals surface area contributed by atoms with Gasteiger partial charge in [0.2, 0.25) is 5.82 Å². The standard InChI is InChI=1S/C14H17N3O2/c1-9-4-3-5-10(2)12(9)14-16-13(17-19-14)11-8-15-6-7-18-11/h3-5,11,15H,6-8H2,1-2H3. The van der Waals surface area contributed by atoms with E-state index in [0.29, 0.717) is 18.3 Å². The summed E-state index contributed by atoms with van der Waals surface area (Å²) in [4.78, 5) is 4.48. The maximum Gasteiger partial charge on any atom is 0.258 e. The summed E-state index contributed by atoms with van der Waals surface area (Å²) in [6, 6.07) is 6.12. The summed E-state index contributed by atoms with van der Waals surface area (Å²) in [7, 11) is 0. The molecule has 0 saturated carbocycles. The van der Waals surface area contributed by atoms with Crippen LogP contribution >= 0.6 is 0 Å². The molecule has 0 spiro atoms. The fraction of sp³-hybridized carbons (Fsp3) is 0.429. The second-order valence-corrected chi connectivity index (χ2v) is 4.79. The van der Waals surface area contributed by atoms with Crippen LogP contribution in [-0.4, -0.2) is 29.8 Å². The van der Waals surface area contributed by atoms with Crippen molar-refractivity contribution in [3.05, 3.63) is 35.2 Å². The van der Waals surface area contributed by atoms with Crippen molar-refractivity contribution >= 4 is 0 Å². The summed E-state index contributed by atoms with van der Waals surface area (Å²) in [5.74, 6) is 1.18. The van der Waals surface area contributed by atoms with Crippen molar-refractivity contribution in [2.24, 2.45) is 0 Å². The summed E-state index contributed by atoms with van der Waals surface area (Å²) in [6.07, 6.45) is -0.115. The molecule has 19 heavy (non-hydrogen) atoms. The van der Waals surface area contributed by atoms with E-state index in [-0.39, 0.29) is 6.10 Å². The van der Waals surface area contributed by atoms with Crippen LogP contribution in [-0.2, 0) is 4.74 Å². The average molecular weight is 259 g/mol. The van der Waals surface area contributed by atoms with Crippen molar-refractivity contribution < 1.29 is 9.26 Å². The Labute approximate surface area is 112 Å². The topological polar surface area (TPSA) is 60.2 Å². The van der Waals surface area contributed by atoms with Crippen LogP contribution in [0.25, 0.3) is 11.5 Å². The zero-order valence-corrected chi connectivity index (χ0v) is 11.1. The van der Waals surface area contributed by atoms with E-state index in [1.807, 2.05) is 32.0 Å². The van der Waals surface area contributed by atoms with E-state index in [1.165, 1.54) is 0 Å². The molecular formula is C14H17N3O2. The van der Waals surface area contributed by atoms with Crippen LogP contribution in [0.1, 0.15) is 23.1 Å². The van der Waals surface area contributed by atoms with Gasteiger partial charge in [0.1, 0.15) is 6.10 Å². The molecule has 2 heterocycles. The van der Waals surface area contributed by atoms with Crippen LogP contribution in [0.3, 0.4) is 0 Å². The number of nitrogens with one attached hydrogen (secondary N) is 1. The molecule has 5 nitrogen and oxygen atoms in total. The molecular weight excluding hydrogens is 242 g/mol. The van der Waals surface area contributed by atoms with E-state index in [4.69, 9.17) is 9.26 Å². The maximum atomic E-state index is 5.63. The first-order valence-electron chi connectivity index (χ1n) is 6.48. The first-order chi connectivity index (χ1) is 9.25. The molecule has 3 rings (SSSR count). The predicted molar refractivity (Wildman–Crippen MR) is 70.8 cm³/mol. The average Bonchev–Trinajstić information content (AvgIpc) is 2.89. The number of hydrogen-bond acceptors (Lipinski definition) is 5. The Morgan fingerprint density at radius 1 is 1.26 bits per heavy atom. The number of aryl methyl sites for hydroxylation is 2. The van der Waals surface area contributed by atoms with Crippen LogP contribution in [0.4, 0.5) is 0 Å². The molecule has 1 fully saturated rings. The Morgan fingerprint density at radius 2 is 2.05 bits per heavy atom.